The third-order valence-electron chi connectivity index (χ3n) is 3.52. The zero-order valence-electron chi connectivity index (χ0n) is 16.1. The fourth-order valence-electron chi connectivity index (χ4n) is 2.03. The van der Waals surface area contributed by atoms with E-state index >= 15 is 0 Å². The minimum absolute atomic E-state index is 0.0369. The number of benzene rings is 1. The number of carbonyl (C=O) groups excluding carboxylic acids is 1. The van der Waals surface area contributed by atoms with Crippen LogP contribution in [-0.4, -0.2) is 11.7 Å². The molecular weight excluding hydrogens is 288 g/mol. The molecule has 0 heterocycles. The number of hydrogen-bond donors (Lipinski definition) is 1. The summed E-state index contributed by atoms with van der Waals surface area (Å²) < 4.78 is 5.37. The summed E-state index contributed by atoms with van der Waals surface area (Å²) >= 11 is 0. The molecule has 1 amide bonds. The second-order valence-corrected chi connectivity index (χ2v) is 9.12. The van der Waals surface area contributed by atoms with Crippen LogP contribution in [0.4, 0.5) is 10.5 Å². The Labute approximate surface area is 141 Å². The summed E-state index contributed by atoms with van der Waals surface area (Å²) in [5, 5.41) is 1.09. The second kappa shape index (κ2) is 6.16. The topological polar surface area (TPSA) is 55.6 Å². The second-order valence-electron chi connectivity index (χ2n) is 9.12. The van der Waals surface area contributed by atoms with E-state index in [9.17, 15) is 4.79 Å². The first-order valence-corrected chi connectivity index (χ1v) is 8.05. The first-order chi connectivity index (χ1) is 10.1. The highest BCUT2D eigenvalue weighted by Gasteiger charge is 2.25. The fourth-order valence-corrected chi connectivity index (χ4v) is 2.03. The summed E-state index contributed by atoms with van der Waals surface area (Å²) in [6.45, 7) is 18.3. The van der Waals surface area contributed by atoms with Crippen LogP contribution in [0, 0.1) is 0 Å². The Kier molecular flexibility index (Phi) is 5.22. The molecule has 0 fully saturated rings. The molecule has 0 radical (unpaired) electrons. The molecule has 1 rings (SSSR count). The van der Waals surface area contributed by atoms with Gasteiger partial charge in [0.15, 0.2) is 0 Å². The molecule has 0 aliphatic heterocycles. The summed E-state index contributed by atoms with van der Waals surface area (Å²) in [5.74, 6) is 6.03. The first-order valence-electron chi connectivity index (χ1n) is 8.05. The van der Waals surface area contributed by atoms with Crippen molar-refractivity contribution in [1.29, 1.82) is 0 Å². The molecular formula is C19H32N2O2. The van der Waals surface area contributed by atoms with E-state index in [0.717, 1.165) is 16.1 Å². The zero-order chi connectivity index (χ0) is 18.2. The summed E-state index contributed by atoms with van der Waals surface area (Å²) in [5.41, 5.74) is 2.27. The molecule has 130 valence electrons. The van der Waals surface area contributed by atoms with Crippen LogP contribution in [0.3, 0.4) is 0 Å². The van der Waals surface area contributed by atoms with Crippen LogP contribution in [0.5, 0.6) is 0 Å². The molecule has 0 saturated heterocycles. The van der Waals surface area contributed by atoms with Gasteiger partial charge in [-0.3, -0.25) is 0 Å². The molecule has 1 aromatic carbocycles. The van der Waals surface area contributed by atoms with Crippen LogP contribution in [0.25, 0.3) is 0 Å². The van der Waals surface area contributed by atoms with E-state index in [0.29, 0.717) is 5.69 Å². The Morgan fingerprint density at radius 3 is 1.57 bits per heavy atom. The lowest BCUT2D eigenvalue weighted by molar-refractivity contribution is 0.0580. The maximum atomic E-state index is 12.3. The van der Waals surface area contributed by atoms with E-state index in [4.69, 9.17) is 10.6 Å². The van der Waals surface area contributed by atoms with E-state index < -0.39 is 11.7 Å². The molecule has 4 nitrogen and oxygen atoms in total. The number of hydrazine groups is 1. The largest absolute Gasteiger partial charge is 0.442 e. The third-order valence-corrected chi connectivity index (χ3v) is 3.52. The first kappa shape index (κ1) is 19.5. The van der Waals surface area contributed by atoms with Crippen molar-refractivity contribution in [2.24, 2.45) is 5.84 Å². The van der Waals surface area contributed by atoms with Gasteiger partial charge in [-0.1, -0.05) is 47.6 Å². The quantitative estimate of drug-likeness (QED) is 0.455. The van der Waals surface area contributed by atoms with E-state index in [2.05, 4.69) is 47.6 Å². The SMILES string of the molecule is CC(C)(C)OC(=O)N(N)c1cc(C(C)(C)C)cc(C(C)(C)C)c1. The summed E-state index contributed by atoms with van der Waals surface area (Å²) in [6, 6.07) is 6.10. The van der Waals surface area contributed by atoms with Gasteiger partial charge < -0.3 is 4.74 Å². The van der Waals surface area contributed by atoms with E-state index in [1.807, 2.05) is 32.9 Å². The number of nitrogens with zero attached hydrogens (tertiary/aromatic N) is 1. The van der Waals surface area contributed by atoms with Gasteiger partial charge in [-0.15, -0.1) is 0 Å². The fraction of sp³-hybridized carbons (Fsp3) is 0.632. The van der Waals surface area contributed by atoms with Crippen molar-refractivity contribution in [3.05, 3.63) is 29.3 Å². The monoisotopic (exact) mass is 320 g/mol. The van der Waals surface area contributed by atoms with E-state index in [1.165, 1.54) is 0 Å². The van der Waals surface area contributed by atoms with Gasteiger partial charge in [-0.05, 0) is 54.9 Å². The summed E-state index contributed by atoms with van der Waals surface area (Å²) in [6.07, 6.45) is -0.552. The number of hydrogen-bond acceptors (Lipinski definition) is 3. The molecule has 4 heteroatoms. The number of rotatable bonds is 1. The lowest BCUT2D eigenvalue weighted by atomic mass is 9.80. The van der Waals surface area contributed by atoms with Gasteiger partial charge in [-0.25, -0.2) is 15.6 Å². The lowest BCUT2D eigenvalue weighted by Gasteiger charge is -2.29. The van der Waals surface area contributed by atoms with Crippen molar-refractivity contribution in [3.63, 3.8) is 0 Å². The maximum Gasteiger partial charge on any atom is 0.429 e. The molecule has 0 aromatic heterocycles. The molecule has 0 aliphatic carbocycles. The predicted molar refractivity (Wildman–Crippen MR) is 96.7 cm³/mol. The van der Waals surface area contributed by atoms with Crippen LogP contribution in [0.15, 0.2) is 18.2 Å². The van der Waals surface area contributed by atoms with Gasteiger partial charge in [0.05, 0.1) is 5.69 Å². The summed E-state index contributed by atoms with van der Waals surface area (Å²) in [7, 11) is 0. The van der Waals surface area contributed by atoms with Crippen molar-refractivity contribution < 1.29 is 9.53 Å². The van der Waals surface area contributed by atoms with Gasteiger partial charge in [-0.2, -0.15) is 0 Å². The molecule has 0 bridgehead atoms. The molecule has 23 heavy (non-hydrogen) atoms. The van der Waals surface area contributed by atoms with Crippen LogP contribution < -0.4 is 10.9 Å². The number of amides is 1. The van der Waals surface area contributed by atoms with E-state index in [-0.39, 0.29) is 10.8 Å². The number of ether oxygens (including phenoxy) is 1. The van der Waals surface area contributed by atoms with E-state index in [1.54, 1.807) is 0 Å². The third kappa shape index (κ3) is 5.54. The van der Waals surface area contributed by atoms with Crippen molar-refractivity contribution in [2.75, 3.05) is 5.01 Å². The van der Waals surface area contributed by atoms with Gasteiger partial charge in [0.2, 0.25) is 0 Å². The van der Waals surface area contributed by atoms with Crippen molar-refractivity contribution in [1.82, 2.24) is 0 Å². The van der Waals surface area contributed by atoms with Gasteiger partial charge >= 0.3 is 6.09 Å². The Bertz CT molecular complexity index is 540. The van der Waals surface area contributed by atoms with Crippen molar-refractivity contribution >= 4 is 11.8 Å². The van der Waals surface area contributed by atoms with Crippen LogP contribution in [0.2, 0.25) is 0 Å². The Balaban J connectivity index is 3.32. The molecule has 0 atom stereocenters. The number of carbonyl (C=O) groups is 1. The Morgan fingerprint density at radius 2 is 1.26 bits per heavy atom. The van der Waals surface area contributed by atoms with Crippen LogP contribution in [0.1, 0.15) is 73.4 Å². The highest BCUT2D eigenvalue weighted by molar-refractivity contribution is 5.86. The Hall–Kier alpha value is -1.55. The average Bonchev–Trinajstić information content (AvgIpc) is 2.33. The lowest BCUT2D eigenvalue weighted by Crippen LogP contribution is -2.42. The smallest absolute Gasteiger partial charge is 0.429 e. The van der Waals surface area contributed by atoms with Gasteiger partial charge in [0.1, 0.15) is 5.60 Å². The minimum Gasteiger partial charge on any atom is -0.442 e. The van der Waals surface area contributed by atoms with Crippen molar-refractivity contribution in [3.8, 4) is 0 Å². The molecule has 2 N–H and O–H groups in total. The van der Waals surface area contributed by atoms with Crippen LogP contribution in [-0.2, 0) is 15.6 Å². The minimum atomic E-state index is -0.580. The molecule has 0 unspecified atom stereocenters. The van der Waals surface area contributed by atoms with Gasteiger partial charge in [0, 0.05) is 0 Å². The highest BCUT2D eigenvalue weighted by atomic mass is 16.6. The average molecular weight is 320 g/mol. The zero-order valence-corrected chi connectivity index (χ0v) is 16.1. The normalized spacial score (nSPS) is 13.0. The molecule has 0 saturated carbocycles. The summed E-state index contributed by atoms with van der Waals surface area (Å²) in [4.78, 5) is 12.3. The van der Waals surface area contributed by atoms with Crippen LogP contribution >= 0.6 is 0 Å². The standard InChI is InChI=1S/C19H32N2O2/c1-17(2,3)13-10-14(18(4,5)6)12-15(11-13)21(20)16(22)23-19(7,8)9/h10-12H,20H2,1-9H3. The predicted octanol–water partition coefficient (Wildman–Crippen LogP) is 4.90. The maximum absolute atomic E-state index is 12.3. The molecule has 1 aromatic rings. The Morgan fingerprint density at radius 1 is 0.870 bits per heavy atom. The number of nitrogens with two attached hydrogens (primary N) is 1. The molecule has 0 aliphatic rings. The number of anilines is 1. The molecule has 0 spiro atoms. The van der Waals surface area contributed by atoms with Gasteiger partial charge in [0.25, 0.3) is 0 Å². The van der Waals surface area contributed by atoms with Crippen molar-refractivity contribution in [2.45, 2.75) is 78.7 Å². The highest BCUT2D eigenvalue weighted by Crippen LogP contribution is 2.33.